The smallest absolute Gasteiger partial charge is 0.0696 e. The van der Waals surface area contributed by atoms with Crippen LogP contribution in [0.2, 0.25) is 0 Å². The van der Waals surface area contributed by atoms with Crippen LogP contribution in [-0.2, 0) is 11.3 Å². The first kappa shape index (κ1) is 18.6. The van der Waals surface area contributed by atoms with Crippen LogP contribution in [0.15, 0.2) is 10.7 Å². The molecule has 1 heterocycles. The van der Waals surface area contributed by atoms with Gasteiger partial charge in [0.05, 0.1) is 29.0 Å². The van der Waals surface area contributed by atoms with Crippen LogP contribution in [0.5, 0.6) is 0 Å². The van der Waals surface area contributed by atoms with Crippen molar-refractivity contribution in [2.24, 2.45) is 0 Å². The molecule has 1 N–H and O–H groups in total. The summed E-state index contributed by atoms with van der Waals surface area (Å²) in [5.74, 6) is 0. The Balaban J connectivity index is 2.80. The van der Waals surface area contributed by atoms with Gasteiger partial charge in [0.25, 0.3) is 0 Å². The predicted molar refractivity (Wildman–Crippen MR) is 90.6 cm³/mol. The predicted octanol–water partition coefficient (Wildman–Crippen LogP) is 2.67. The van der Waals surface area contributed by atoms with E-state index >= 15 is 0 Å². The van der Waals surface area contributed by atoms with Crippen molar-refractivity contribution in [2.45, 2.75) is 38.8 Å². The summed E-state index contributed by atoms with van der Waals surface area (Å²) in [6.07, 6.45) is 5.13. The number of ether oxygens (including phenoxy) is 1. The van der Waals surface area contributed by atoms with Gasteiger partial charge in [0.1, 0.15) is 0 Å². The molecule has 0 bridgehead atoms. The molecular weight excluding hydrogens is 332 g/mol. The quantitative estimate of drug-likeness (QED) is 0.616. The molecule has 0 aliphatic carbocycles. The SMILES string of the molecule is CCCNC(CCCOC)c1c(Br)cnn1CCN(C)C. The molecule has 0 saturated carbocycles. The normalized spacial score (nSPS) is 13.0. The average molecular weight is 361 g/mol. The molecule has 0 aliphatic rings. The number of nitrogens with zero attached hydrogens (tertiary/aromatic N) is 3. The van der Waals surface area contributed by atoms with Gasteiger partial charge in [-0.15, -0.1) is 0 Å². The van der Waals surface area contributed by atoms with Gasteiger partial charge in [-0.25, -0.2) is 0 Å². The molecule has 122 valence electrons. The fourth-order valence-corrected chi connectivity index (χ4v) is 2.85. The number of rotatable bonds is 11. The molecule has 1 unspecified atom stereocenters. The van der Waals surface area contributed by atoms with Crippen molar-refractivity contribution in [1.82, 2.24) is 20.0 Å². The number of methoxy groups -OCH3 is 1. The maximum atomic E-state index is 5.18. The Labute approximate surface area is 137 Å². The molecule has 21 heavy (non-hydrogen) atoms. The largest absolute Gasteiger partial charge is 0.385 e. The minimum absolute atomic E-state index is 0.319. The summed E-state index contributed by atoms with van der Waals surface area (Å²) in [6, 6.07) is 0.319. The van der Waals surface area contributed by atoms with Crippen LogP contribution >= 0.6 is 15.9 Å². The van der Waals surface area contributed by atoms with E-state index in [-0.39, 0.29) is 0 Å². The van der Waals surface area contributed by atoms with Gasteiger partial charge in [0, 0.05) is 20.3 Å². The van der Waals surface area contributed by atoms with Gasteiger partial charge >= 0.3 is 0 Å². The van der Waals surface area contributed by atoms with Crippen LogP contribution in [-0.4, -0.2) is 55.6 Å². The number of halogens is 1. The van der Waals surface area contributed by atoms with Gasteiger partial charge in [-0.2, -0.15) is 5.10 Å². The summed E-state index contributed by atoms with van der Waals surface area (Å²) in [5, 5.41) is 8.16. The third-order valence-electron chi connectivity index (χ3n) is 3.40. The second-order valence-electron chi connectivity index (χ2n) is 5.55. The van der Waals surface area contributed by atoms with E-state index in [2.05, 4.69) is 56.9 Å². The van der Waals surface area contributed by atoms with E-state index in [0.717, 1.165) is 50.0 Å². The zero-order valence-electron chi connectivity index (χ0n) is 13.7. The van der Waals surface area contributed by atoms with E-state index < -0.39 is 0 Å². The second kappa shape index (κ2) is 10.3. The first-order chi connectivity index (χ1) is 10.1. The Morgan fingerprint density at radius 1 is 1.48 bits per heavy atom. The molecule has 1 aromatic heterocycles. The number of likely N-dealkylation sites (N-methyl/N-ethyl adjacent to an activating group) is 1. The van der Waals surface area contributed by atoms with E-state index in [1.807, 2.05) is 6.20 Å². The summed E-state index contributed by atoms with van der Waals surface area (Å²) in [4.78, 5) is 2.18. The molecular formula is C15H29BrN4O. The molecule has 1 aromatic rings. The lowest BCUT2D eigenvalue weighted by Gasteiger charge is -2.21. The lowest BCUT2D eigenvalue weighted by Crippen LogP contribution is -2.27. The first-order valence-corrected chi connectivity index (χ1v) is 8.47. The lowest BCUT2D eigenvalue weighted by molar-refractivity contribution is 0.188. The maximum absolute atomic E-state index is 5.18. The van der Waals surface area contributed by atoms with Crippen molar-refractivity contribution in [1.29, 1.82) is 0 Å². The summed E-state index contributed by atoms with van der Waals surface area (Å²) in [5.41, 5.74) is 1.25. The lowest BCUT2D eigenvalue weighted by atomic mass is 10.1. The maximum Gasteiger partial charge on any atom is 0.0696 e. The van der Waals surface area contributed by atoms with Gasteiger partial charge in [-0.05, 0) is 55.8 Å². The van der Waals surface area contributed by atoms with E-state index in [1.165, 1.54) is 5.69 Å². The fourth-order valence-electron chi connectivity index (χ4n) is 2.28. The van der Waals surface area contributed by atoms with E-state index in [1.54, 1.807) is 7.11 Å². The third kappa shape index (κ3) is 6.46. The van der Waals surface area contributed by atoms with Crippen LogP contribution in [0.1, 0.15) is 37.9 Å². The van der Waals surface area contributed by atoms with Gasteiger partial charge in [0.15, 0.2) is 0 Å². The van der Waals surface area contributed by atoms with Crippen molar-refractivity contribution >= 4 is 15.9 Å². The monoisotopic (exact) mass is 360 g/mol. The molecule has 5 nitrogen and oxygen atoms in total. The summed E-state index contributed by atoms with van der Waals surface area (Å²) >= 11 is 3.66. The molecule has 0 aromatic carbocycles. The van der Waals surface area contributed by atoms with E-state index in [9.17, 15) is 0 Å². The number of hydrogen-bond acceptors (Lipinski definition) is 4. The summed E-state index contributed by atoms with van der Waals surface area (Å²) < 4.78 is 8.39. The van der Waals surface area contributed by atoms with Crippen molar-refractivity contribution in [3.8, 4) is 0 Å². The van der Waals surface area contributed by atoms with Crippen LogP contribution in [0.3, 0.4) is 0 Å². The van der Waals surface area contributed by atoms with E-state index in [4.69, 9.17) is 4.74 Å². The average Bonchev–Trinajstić information content (AvgIpc) is 2.81. The van der Waals surface area contributed by atoms with Crippen LogP contribution in [0.4, 0.5) is 0 Å². The van der Waals surface area contributed by atoms with Crippen molar-refractivity contribution < 1.29 is 4.74 Å². The Morgan fingerprint density at radius 3 is 2.86 bits per heavy atom. The van der Waals surface area contributed by atoms with Gasteiger partial charge in [-0.3, -0.25) is 4.68 Å². The number of hydrogen-bond donors (Lipinski definition) is 1. The van der Waals surface area contributed by atoms with Crippen molar-refractivity contribution in [2.75, 3.05) is 40.9 Å². The fraction of sp³-hybridized carbons (Fsp3) is 0.800. The highest BCUT2D eigenvalue weighted by Crippen LogP contribution is 2.26. The highest BCUT2D eigenvalue weighted by Gasteiger charge is 2.19. The second-order valence-corrected chi connectivity index (χ2v) is 6.40. The van der Waals surface area contributed by atoms with Gasteiger partial charge in [-0.1, -0.05) is 6.92 Å². The first-order valence-electron chi connectivity index (χ1n) is 7.68. The molecule has 0 amide bonds. The zero-order chi connectivity index (χ0) is 15.7. The highest BCUT2D eigenvalue weighted by atomic mass is 79.9. The molecule has 0 radical (unpaired) electrons. The Kier molecular flexibility index (Phi) is 9.15. The van der Waals surface area contributed by atoms with Crippen molar-refractivity contribution in [3.05, 3.63) is 16.4 Å². The number of nitrogens with one attached hydrogen (secondary N) is 1. The highest BCUT2D eigenvalue weighted by molar-refractivity contribution is 9.10. The standard InChI is InChI=1S/C15H29BrN4O/c1-5-8-17-14(7-6-11-21-4)15-13(16)12-18-20(15)10-9-19(2)3/h12,14,17H,5-11H2,1-4H3. The molecule has 1 atom stereocenters. The molecule has 0 aliphatic heterocycles. The van der Waals surface area contributed by atoms with Crippen LogP contribution in [0.25, 0.3) is 0 Å². The summed E-state index contributed by atoms with van der Waals surface area (Å²) in [6.45, 7) is 5.90. The van der Waals surface area contributed by atoms with Gasteiger partial charge < -0.3 is 15.0 Å². The van der Waals surface area contributed by atoms with Crippen LogP contribution in [0, 0.1) is 0 Å². The number of aromatic nitrogens is 2. The molecule has 6 heteroatoms. The Bertz CT molecular complexity index is 395. The molecule has 0 saturated heterocycles. The third-order valence-corrected chi connectivity index (χ3v) is 4.02. The minimum atomic E-state index is 0.319. The molecule has 1 rings (SSSR count). The Morgan fingerprint density at radius 2 is 2.24 bits per heavy atom. The topological polar surface area (TPSA) is 42.3 Å². The minimum Gasteiger partial charge on any atom is -0.385 e. The van der Waals surface area contributed by atoms with Gasteiger partial charge in [0.2, 0.25) is 0 Å². The molecule has 0 fully saturated rings. The van der Waals surface area contributed by atoms with Crippen molar-refractivity contribution in [3.63, 3.8) is 0 Å². The van der Waals surface area contributed by atoms with E-state index in [0.29, 0.717) is 6.04 Å². The van der Waals surface area contributed by atoms with Crippen LogP contribution < -0.4 is 5.32 Å². The Hall–Kier alpha value is -0.430. The zero-order valence-corrected chi connectivity index (χ0v) is 15.3. The summed E-state index contributed by atoms with van der Waals surface area (Å²) in [7, 11) is 5.93. The molecule has 0 spiro atoms.